The summed E-state index contributed by atoms with van der Waals surface area (Å²) in [6.45, 7) is 6.04. The Bertz CT molecular complexity index is 277. The molecule has 1 saturated heterocycles. The molecule has 2 fully saturated rings. The lowest BCUT2D eigenvalue weighted by molar-refractivity contribution is -0.0352. The van der Waals surface area contributed by atoms with Crippen LogP contribution in [0.2, 0.25) is 0 Å². The zero-order valence-corrected chi connectivity index (χ0v) is 12.3. The molecule has 0 aromatic carbocycles. The highest BCUT2D eigenvalue weighted by atomic mass is 19.3. The van der Waals surface area contributed by atoms with Crippen molar-refractivity contribution >= 4 is 0 Å². The average Bonchev–Trinajstić information content (AvgIpc) is 2.41. The highest BCUT2D eigenvalue weighted by Crippen LogP contribution is 2.36. The van der Waals surface area contributed by atoms with E-state index in [1.807, 2.05) is 0 Å². The molecule has 2 rings (SSSR count). The summed E-state index contributed by atoms with van der Waals surface area (Å²) in [5, 5.41) is 3.65. The van der Waals surface area contributed by atoms with E-state index >= 15 is 0 Å². The van der Waals surface area contributed by atoms with E-state index in [9.17, 15) is 8.78 Å². The van der Waals surface area contributed by atoms with Crippen LogP contribution in [0.25, 0.3) is 0 Å². The lowest BCUT2D eigenvalue weighted by atomic mass is 9.77. The fourth-order valence-electron chi connectivity index (χ4n) is 3.73. The van der Waals surface area contributed by atoms with Crippen molar-refractivity contribution in [3.05, 3.63) is 0 Å². The first-order chi connectivity index (χ1) is 9.07. The second kappa shape index (κ2) is 6.49. The van der Waals surface area contributed by atoms with Gasteiger partial charge in [0.15, 0.2) is 0 Å². The van der Waals surface area contributed by atoms with Crippen LogP contribution in [0.1, 0.15) is 52.4 Å². The second-order valence-electron chi connectivity index (χ2n) is 6.45. The molecule has 0 amide bonds. The third-order valence-corrected chi connectivity index (χ3v) is 5.25. The normalized spacial score (nSPS) is 29.8. The second-order valence-corrected chi connectivity index (χ2v) is 6.45. The van der Waals surface area contributed by atoms with Gasteiger partial charge in [-0.1, -0.05) is 39.5 Å². The first-order valence-electron chi connectivity index (χ1n) is 7.84. The van der Waals surface area contributed by atoms with Gasteiger partial charge in [0.25, 0.3) is 6.43 Å². The van der Waals surface area contributed by atoms with Gasteiger partial charge < -0.3 is 5.32 Å². The molecule has 0 bridgehead atoms. The summed E-state index contributed by atoms with van der Waals surface area (Å²) >= 11 is 0. The Morgan fingerprint density at radius 2 is 1.95 bits per heavy atom. The number of nitrogens with zero attached hydrogens (tertiary/aromatic N) is 1. The van der Waals surface area contributed by atoms with Crippen LogP contribution in [0.15, 0.2) is 0 Å². The van der Waals surface area contributed by atoms with Crippen molar-refractivity contribution < 1.29 is 8.78 Å². The summed E-state index contributed by atoms with van der Waals surface area (Å²) in [5.41, 5.74) is 0.0125. The Morgan fingerprint density at radius 1 is 1.26 bits per heavy atom. The summed E-state index contributed by atoms with van der Waals surface area (Å²) in [6.07, 6.45) is 4.70. The van der Waals surface area contributed by atoms with E-state index < -0.39 is 6.43 Å². The first-order valence-corrected chi connectivity index (χ1v) is 7.84. The number of nitrogens with one attached hydrogen (secondary N) is 1. The van der Waals surface area contributed by atoms with Gasteiger partial charge in [-0.15, -0.1) is 0 Å². The number of halogens is 2. The third-order valence-electron chi connectivity index (χ3n) is 5.25. The molecular formula is C15H28F2N2. The van der Waals surface area contributed by atoms with Gasteiger partial charge in [-0.05, 0) is 18.8 Å². The maximum absolute atomic E-state index is 12.9. The molecule has 1 heterocycles. The van der Waals surface area contributed by atoms with Gasteiger partial charge in [-0.2, -0.15) is 0 Å². The molecule has 1 aliphatic carbocycles. The van der Waals surface area contributed by atoms with Crippen LogP contribution in [0.4, 0.5) is 8.78 Å². The van der Waals surface area contributed by atoms with E-state index in [0.29, 0.717) is 12.0 Å². The lowest BCUT2D eigenvalue weighted by Gasteiger charge is -2.53. The summed E-state index contributed by atoms with van der Waals surface area (Å²) in [4.78, 5) is 2.12. The Kier molecular flexibility index (Phi) is 5.18. The van der Waals surface area contributed by atoms with Gasteiger partial charge in [0, 0.05) is 24.7 Å². The highest BCUT2D eigenvalue weighted by Gasteiger charge is 2.43. The van der Waals surface area contributed by atoms with E-state index in [1.165, 1.54) is 19.3 Å². The standard InChI is InChI=1S/C15H28F2N2/c1-3-12(2)13-9-19(10-14(16)17)15(11-18-13)7-5-4-6-8-15/h12-14,18H,3-11H2,1-2H3. The van der Waals surface area contributed by atoms with Gasteiger partial charge in [0.1, 0.15) is 0 Å². The van der Waals surface area contributed by atoms with Crippen molar-refractivity contribution in [2.45, 2.75) is 70.4 Å². The molecule has 1 spiro atoms. The molecule has 0 radical (unpaired) electrons. The van der Waals surface area contributed by atoms with Crippen LogP contribution < -0.4 is 5.32 Å². The number of hydrogen-bond acceptors (Lipinski definition) is 2. The zero-order chi connectivity index (χ0) is 13.9. The predicted molar refractivity (Wildman–Crippen MR) is 74.6 cm³/mol. The molecule has 2 unspecified atom stereocenters. The minimum atomic E-state index is -2.21. The minimum Gasteiger partial charge on any atom is -0.311 e. The van der Waals surface area contributed by atoms with E-state index in [0.717, 1.165) is 32.4 Å². The van der Waals surface area contributed by atoms with Crippen molar-refractivity contribution in [1.29, 1.82) is 0 Å². The fraction of sp³-hybridized carbons (Fsp3) is 1.00. The summed E-state index contributed by atoms with van der Waals surface area (Å²) in [6, 6.07) is 0.372. The zero-order valence-electron chi connectivity index (χ0n) is 12.3. The van der Waals surface area contributed by atoms with Gasteiger partial charge in [0.05, 0.1) is 6.54 Å². The molecule has 19 heavy (non-hydrogen) atoms. The van der Waals surface area contributed by atoms with E-state index in [-0.39, 0.29) is 12.1 Å². The smallest absolute Gasteiger partial charge is 0.251 e. The number of alkyl halides is 2. The number of hydrogen-bond donors (Lipinski definition) is 1. The largest absolute Gasteiger partial charge is 0.311 e. The van der Waals surface area contributed by atoms with Crippen LogP contribution >= 0.6 is 0 Å². The molecule has 1 N–H and O–H groups in total. The quantitative estimate of drug-likeness (QED) is 0.846. The van der Waals surface area contributed by atoms with Gasteiger partial charge in [-0.25, -0.2) is 8.78 Å². The Balaban J connectivity index is 2.07. The fourth-order valence-corrected chi connectivity index (χ4v) is 3.73. The van der Waals surface area contributed by atoms with Crippen molar-refractivity contribution in [1.82, 2.24) is 10.2 Å². The van der Waals surface area contributed by atoms with Crippen LogP contribution in [-0.2, 0) is 0 Å². The molecule has 1 aliphatic heterocycles. The summed E-state index contributed by atoms with van der Waals surface area (Å²) in [7, 11) is 0. The Labute approximate surface area is 115 Å². The maximum atomic E-state index is 12.9. The Hall–Kier alpha value is -0.220. The van der Waals surface area contributed by atoms with Crippen molar-refractivity contribution in [3.63, 3.8) is 0 Å². The molecular weight excluding hydrogens is 246 g/mol. The summed E-state index contributed by atoms with van der Waals surface area (Å²) < 4.78 is 25.8. The van der Waals surface area contributed by atoms with Crippen molar-refractivity contribution in [2.75, 3.05) is 19.6 Å². The lowest BCUT2D eigenvalue weighted by Crippen LogP contribution is -2.67. The molecule has 2 aliphatic rings. The van der Waals surface area contributed by atoms with Crippen molar-refractivity contribution in [3.8, 4) is 0 Å². The van der Waals surface area contributed by atoms with Crippen LogP contribution in [0.3, 0.4) is 0 Å². The SMILES string of the molecule is CCC(C)C1CN(CC(F)F)C2(CCCCC2)CN1. The maximum Gasteiger partial charge on any atom is 0.251 e. The van der Waals surface area contributed by atoms with E-state index in [1.54, 1.807) is 0 Å². The van der Waals surface area contributed by atoms with Crippen LogP contribution in [0, 0.1) is 5.92 Å². The molecule has 4 heteroatoms. The van der Waals surface area contributed by atoms with Gasteiger partial charge in [0.2, 0.25) is 0 Å². The van der Waals surface area contributed by atoms with E-state index in [2.05, 4.69) is 24.1 Å². The highest BCUT2D eigenvalue weighted by molar-refractivity contribution is 5.01. The molecule has 0 aromatic rings. The monoisotopic (exact) mass is 274 g/mol. The topological polar surface area (TPSA) is 15.3 Å². The van der Waals surface area contributed by atoms with Crippen LogP contribution in [0.5, 0.6) is 0 Å². The third kappa shape index (κ3) is 3.46. The van der Waals surface area contributed by atoms with E-state index in [4.69, 9.17) is 0 Å². The molecule has 1 saturated carbocycles. The number of piperazine rings is 1. The Morgan fingerprint density at radius 3 is 2.53 bits per heavy atom. The molecule has 2 nitrogen and oxygen atoms in total. The molecule has 0 aromatic heterocycles. The van der Waals surface area contributed by atoms with Crippen LogP contribution in [-0.4, -0.2) is 42.5 Å². The minimum absolute atomic E-state index is 0.0125. The molecule has 112 valence electrons. The predicted octanol–water partition coefficient (Wildman–Crippen LogP) is 3.27. The van der Waals surface area contributed by atoms with Gasteiger partial charge in [-0.3, -0.25) is 4.90 Å². The van der Waals surface area contributed by atoms with Gasteiger partial charge >= 0.3 is 0 Å². The molecule has 2 atom stereocenters. The average molecular weight is 274 g/mol. The summed E-state index contributed by atoms with van der Waals surface area (Å²) in [5.74, 6) is 0.557. The first kappa shape index (κ1) is 15.2. The number of rotatable bonds is 4. The van der Waals surface area contributed by atoms with Crippen molar-refractivity contribution in [2.24, 2.45) is 5.92 Å².